The number of pyridine rings is 1. The Morgan fingerprint density at radius 2 is 1.45 bits per heavy atom. The SMILES string of the molecule is O=C1CCC(N2C(=O)c3cccc(NCCOCCOCCOCCOCCOCCCn4cc(-c5ccc6c(c5)CCC6=NO)c(-c5ccncc5)n4)c3C2=O)C(=O)N1. The normalized spacial score (nSPS) is 16.8. The number of anilines is 1. The molecule has 1 saturated heterocycles. The minimum Gasteiger partial charge on any atom is -0.411 e. The molecule has 2 aromatic carbocycles. The smallest absolute Gasteiger partial charge is 0.264 e. The molecule has 0 saturated carbocycles. The monoisotopic (exact) mass is 823 g/mol. The Bertz CT molecular complexity index is 2180. The van der Waals surface area contributed by atoms with Crippen LogP contribution < -0.4 is 10.6 Å². The van der Waals surface area contributed by atoms with Gasteiger partial charge in [0.15, 0.2) is 0 Å². The van der Waals surface area contributed by atoms with Gasteiger partial charge in [-0.1, -0.05) is 29.4 Å². The van der Waals surface area contributed by atoms with Gasteiger partial charge in [-0.25, -0.2) is 0 Å². The minimum absolute atomic E-state index is 0.0634. The largest absolute Gasteiger partial charge is 0.411 e. The molecular formula is C43H49N7O10. The second-order valence-electron chi connectivity index (χ2n) is 14.3. The molecule has 7 rings (SSSR count). The summed E-state index contributed by atoms with van der Waals surface area (Å²) in [7, 11) is 0. The highest BCUT2D eigenvalue weighted by Crippen LogP contribution is 2.35. The van der Waals surface area contributed by atoms with Gasteiger partial charge < -0.3 is 34.2 Å². The minimum atomic E-state index is -1.01. The molecule has 3 N–H and O–H groups in total. The summed E-state index contributed by atoms with van der Waals surface area (Å²) < 4.78 is 30.1. The summed E-state index contributed by atoms with van der Waals surface area (Å²) in [6.45, 7) is 5.42. The molecule has 17 nitrogen and oxygen atoms in total. The molecule has 60 heavy (non-hydrogen) atoms. The van der Waals surface area contributed by atoms with E-state index in [-0.39, 0.29) is 24.0 Å². The van der Waals surface area contributed by atoms with Crippen LogP contribution in [0.1, 0.15) is 57.5 Å². The quantitative estimate of drug-likeness (QED) is 0.0423. The number of nitrogens with zero attached hydrogens (tertiary/aromatic N) is 5. The highest BCUT2D eigenvalue weighted by Gasteiger charge is 2.45. The maximum absolute atomic E-state index is 13.2. The van der Waals surface area contributed by atoms with Gasteiger partial charge >= 0.3 is 0 Å². The number of nitrogens with one attached hydrogen (secondary N) is 2. The van der Waals surface area contributed by atoms with E-state index < -0.39 is 29.7 Å². The lowest BCUT2D eigenvalue weighted by atomic mass is 9.98. The Kier molecular flexibility index (Phi) is 14.7. The number of oxime groups is 1. The Morgan fingerprint density at radius 3 is 2.15 bits per heavy atom. The van der Waals surface area contributed by atoms with Crippen molar-refractivity contribution in [3.8, 4) is 22.4 Å². The van der Waals surface area contributed by atoms with Crippen molar-refractivity contribution in [3.63, 3.8) is 0 Å². The average molecular weight is 824 g/mol. The van der Waals surface area contributed by atoms with Crippen LogP contribution in [0.3, 0.4) is 0 Å². The standard InChI is InChI=1S/C43H49N7O10/c51-38-10-9-37(41(52)46-38)50-42(53)33-3-1-4-36(39(33)43(50)54)45-15-18-57-20-22-59-24-26-60-25-23-58-21-19-56-17-2-16-49-28-34(40(47-49)29-11-13-44-14-12-29)31-5-7-32-30(27-31)6-8-35(32)48-55/h1,3-5,7,11-14,27-28,37,45,55H,2,6,8-10,15-26H2,(H,46,51,52). The fourth-order valence-corrected chi connectivity index (χ4v) is 7.44. The van der Waals surface area contributed by atoms with Gasteiger partial charge in [0.1, 0.15) is 11.7 Å². The number of hydrogen-bond acceptors (Lipinski definition) is 14. The molecule has 3 aliphatic rings. The summed E-state index contributed by atoms with van der Waals surface area (Å²) in [5.41, 5.74) is 7.80. The van der Waals surface area contributed by atoms with E-state index in [0.29, 0.717) is 84.8 Å². The van der Waals surface area contributed by atoms with Crippen LogP contribution >= 0.6 is 0 Å². The second-order valence-corrected chi connectivity index (χ2v) is 14.3. The molecule has 316 valence electrons. The third-order valence-electron chi connectivity index (χ3n) is 10.4. The third kappa shape index (κ3) is 10.3. The topological polar surface area (TPSA) is 205 Å². The molecule has 17 heteroatoms. The van der Waals surface area contributed by atoms with Gasteiger partial charge in [0.05, 0.1) is 76.3 Å². The Labute approximate surface area is 347 Å². The third-order valence-corrected chi connectivity index (χ3v) is 10.4. The zero-order valence-corrected chi connectivity index (χ0v) is 33.3. The maximum atomic E-state index is 13.2. The number of fused-ring (bicyclic) bond motifs is 2. The predicted octanol–water partition coefficient (Wildman–Crippen LogP) is 3.72. The number of piperidine rings is 1. The van der Waals surface area contributed by atoms with Crippen molar-refractivity contribution in [3.05, 3.63) is 89.4 Å². The van der Waals surface area contributed by atoms with Crippen LogP contribution in [0.25, 0.3) is 22.4 Å². The zero-order valence-electron chi connectivity index (χ0n) is 33.3. The number of carbonyl (C=O) groups excluding carboxylic acids is 4. The molecular weight excluding hydrogens is 775 g/mol. The van der Waals surface area contributed by atoms with Gasteiger partial charge in [-0.2, -0.15) is 5.10 Å². The number of aromatic nitrogens is 3. The molecule has 1 aliphatic carbocycles. The van der Waals surface area contributed by atoms with Crippen molar-refractivity contribution in [2.24, 2.45) is 5.16 Å². The van der Waals surface area contributed by atoms with Crippen molar-refractivity contribution in [1.29, 1.82) is 0 Å². The first-order valence-corrected chi connectivity index (χ1v) is 20.2. The van der Waals surface area contributed by atoms with E-state index in [1.165, 1.54) is 5.56 Å². The molecule has 4 heterocycles. The summed E-state index contributed by atoms with van der Waals surface area (Å²) >= 11 is 0. The van der Waals surface area contributed by atoms with Crippen LogP contribution in [0.5, 0.6) is 0 Å². The van der Waals surface area contributed by atoms with Gasteiger partial charge in [-0.15, -0.1) is 0 Å². The first-order valence-electron chi connectivity index (χ1n) is 20.2. The molecule has 2 aromatic heterocycles. The first-order chi connectivity index (χ1) is 29.4. The molecule has 1 fully saturated rings. The second kappa shape index (κ2) is 20.9. The number of imide groups is 2. The number of carbonyl (C=O) groups is 4. The highest BCUT2D eigenvalue weighted by molar-refractivity contribution is 6.25. The van der Waals surface area contributed by atoms with E-state index >= 15 is 0 Å². The summed E-state index contributed by atoms with van der Waals surface area (Å²) in [4.78, 5) is 55.2. The van der Waals surface area contributed by atoms with Crippen LogP contribution in [-0.2, 0) is 46.2 Å². The molecule has 2 aliphatic heterocycles. The van der Waals surface area contributed by atoms with Crippen LogP contribution in [0, 0.1) is 0 Å². The van der Waals surface area contributed by atoms with Crippen LogP contribution in [0.15, 0.2) is 72.3 Å². The van der Waals surface area contributed by atoms with Crippen molar-refractivity contribution < 1.29 is 48.1 Å². The van der Waals surface area contributed by atoms with E-state index in [1.54, 1.807) is 30.6 Å². The van der Waals surface area contributed by atoms with Crippen molar-refractivity contribution in [2.75, 3.05) is 77.9 Å². The van der Waals surface area contributed by atoms with Crippen molar-refractivity contribution >= 4 is 35.0 Å². The lowest BCUT2D eigenvalue weighted by Crippen LogP contribution is -2.54. The number of rotatable bonds is 23. The summed E-state index contributed by atoms with van der Waals surface area (Å²) in [5, 5.41) is 23.1. The van der Waals surface area contributed by atoms with E-state index in [2.05, 4.69) is 39.1 Å². The van der Waals surface area contributed by atoms with E-state index in [4.69, 9.17) is 28.8 Å². The lowest BCUT2D eigenvalue weighted by molar-refractivity contribution is -0.136. The van der Waals surface area contributed by atoms with Gasteiger partial charge in [0.25, 0.3) is 11.8 Å². The molecule has 4 aromatic rings. The zero-order chi connectivity index (χ0) is 41.7. The first kappa shape index (κ1) is 42.3. The average Bonchev–Trinajstić information content (AvgIpc) is 3.96. The molecule has 4 amide bonds. The van der Waals surface area contributed by atoms with Gasteiger partial charge in [-0.05, 0) is 61.1 Å². The Morgan fingerprint density at radius 1 is 0.750 bits per heavy atom. The fourth-order valence-electron chi connectivity index (χ4n) is 7.44. The van der Waals surface area contributed by atoms with Gasteiger partial charge in [-0.3, -0.25) is 39.1 Å². The highest BCUT2D eigenvalue weighted by atomic mass is 16.6. The lowest BCUT2D eigenvalue weighted by Gasteiger charge is -2.27. The van der Waals surface area contributed by atoms with Gasteiger partial charge in [0, 0.05) is 67.1 Å². The number of ether oxygens (including phenoxy) is 5. The van der Waals surface area contributed by atoms with Crippen molar-refractivity contribution in [2.45, 2.75) is 44.7 Å². The fraction of sp³-hybridized carbons (Fsp3) is 0.419. The number of aryl methyl sites for hydroxylation is 2. The van der Waals surface area contributed by atoms with Gasteiger partial charge in [0.2, 0.25) is 11.8 Å². The van der Waals surface area contributed by atoms with Crippen LogP contribution in [0.2, 0.25) is 0 Å². The van der Waals surface area contributed by atoms with Crippen LogP contribution in [0.4, 0.5) is 5.69 Å². The number of benzene rings is 2. The van der Waals surface area contributed by atoms with Crippen molar-refractivity contribution in [1.82, 2.24) is 25.0 Å². The maximum Gasteiger partial charge on any atom is 0.264 e. The van der Waals surface area contributed by atoms with Crippen LogP contribution in [-0.4, -0.2) is 133 Å². The van der Waals surface area contributed by atoms with E-state index in [0.717, 1.165) is 57.8 Å². The Balaban J connectivity index is 0.698. The molecule has 1 unspecified atom stereocenters. The summed E-state index contributed by atoms with van der Waals surface area (Å²) in [6.07, 6.45) is 8.15. The summed E-state index contributed by atoms with van der Waals surface area (Å²) in [6, 6.07) is 14.1. The van der Waals surface area contributed by atoms with E-state index in [1.807, 2.05) is 22.9 Å². The molecule has 0 bridgehead atoms. The summed E-state index contributed by atoms with van der Waals surface area (Å²) in [5.74, 6) is -2.17. The molecule has 1 atom stereocenters. The predicted molar refractivity (Wildman–Crippen MR) is 218 cm³/mol. The molecule has 0 radical (unpaired) electrons. The number of hydrogen-bond donors (Lipinski definition) is 3. The Hall–Kier alpha value is -5.85. The molecule has 0 spiro atoms. The number of amides is 4. The van der Waals surface area contributed by atoms with E-state index in [9.17, 15) is 24.4 Å².